The fourth-order valence-corrected chi connectivity index (χ4v) is 9.08. The molecule has 1 fully saturated rings. The van der Waals surface area contributed by atoms with Crippen molar-refractivity contribution in [2.75, 3.05) is 6.61 Å². The molecule has 3 rings (SSSR count). The van der Waals surface area contributed by atoms with Crippen LogP contribution in [0.5, 0.6) is 0 Å². The van der Waals surface area contributed by atoms with E-state index in [2.05, 4.69) is 51.0 Å². The Kier molecular flexibility index (Phi) is 6.16. The highest BCUT2D eigenvalue weighted by atomic mass is 28.4. The van der Waals surface area contributed by atoms with Crippen LogP contribution >= 0.6 is 0 Å². The molecule has 1 aliphatic rings. The summed E-state index contributed by atoms with van der Waals surface area (Å²) in [5.74, 6) is 2.62. The van der Waals surface area contributed by atoms with Gasteiger partial charge in [-0.15, -0.1) is 6.42 Å². The van der Waals surface area contributed by atoms with Crippen LogP contribution in [0, 0.1) is 12.3 Å². The predicted octanol–water partition coefficient (Wildman–Crippen LogP) is 3.71. The molecule has 0 aliphatic carbocycles. The van der Waals surface area contributed by atoms with Gasteiger partial charge in [0.2, 0.25) is 0 Å². The minimum atomic E-state index is -2.68. The van der Waals surface area contributed by atoms with Crippen molar-refractivity contribution in [2.45, 2.75) is 50.7 Å². The lowest BCUT2D eigenvalue weighted by Crippen LogP contribution is -2.67. The molecule has 5 heteroatoms. The van der Waals surface area contributed by atoms with Crippen molar-refractivity contribution in [1.82, 2.24) is 4.90 Å². The Balaban J connectivity index is 2.03. The lowest BCUT2D eigenvalue weighted by Gasteiger charge is -2.44. The van der Waals surface area contributed by atoms with E-state index in [0.717, 1.165) is 6.42 Å². The van der Waals surface area contributed by atoms with Crippen LogP contribution in [0.25, 0.3) is 0 Å². The second-order valence-corrected chi connectivity index (χ2v) is 12.9. The van der Waals surface area contributed by atoms with Crippen molar-refractivity contribution in [1.29, 1.82) is 0 Å². The summed E-state index contributed by atoms with van der Waals surface area (Å²) in [7, 11) is -2.68. The van der Waals surface area contributed by atoms with E-state index in [4.69, 9.17) is 10.8 Å². The third-order valence-electron chi connectivity index (χ3n) is 5.82. The lowest BCUT2D eigenvalue weighted by atomic mass is 10.2. The molecule has 0 saturated carbocycles. The summed E-state index contributed by atoms with van der Waals surface area (Å²) >= 11 is 0. The fraction of sp³-hybridized carbons (Fsp3) is 0.375. The number of terminal acetylenes is 1. The molecule has 1 heterocycles. The Morgan fingerprint density at radius 2 is 1.62 bits per heavy atom. The molecule has 2 atom stereocenters. The van der Waals surface area contributed by atoms with Gasteiger partial charge in [0, 0.05) is 0 Å². The number of benzene rings is 2. The molecule has 2 aromatic rings. The molecule has 2 aromatic carbocycles. The third kappa shape index (κ3) is 3.96. The molecule has 0 aromatic heterocycles. The van der Waals surface area contributed by atoms with Crippen LogP contribution in [0.1, 0.15) is 33.6 Å². The second kappa shape index (κ2) is 8.44. The van der Waals surface area contributed by atoms with E-state index in [1.165, 1.54) is 15.3 Å². The van der Waals surface area contributed by atoms with Gasteiger partial charge in [0.1, 0.15) is 0 Å². The molecule has 1 aliphatic heterocycles. The molecule has 0 radical (unpaired) electrons. The largest absolute Gasteiger partial charge is 0.465 e. The Bertz CT molecular complexity index is 831. The van der Waals surface area contributed by atoms with Crippen molar-refractivity contribution in [3.05, 3.63) is 60.7 Å². The number of nitrogens with zero attached hydrogens (tertiary/aromatic N) is 1. The van der Waals surface area contributed by atoms with Crippen LogP contribution in [-0.4, -0.2) is 43.1 Å². The van der Waals surface area contributed by atoms with Gasteiger partial charge >= 0.3 is 6.09 Å². The first-order chi connectivity index (χ1) is 13.8. The van der Waals surface area contributed by atoms with Gasteiger partial charge in [-0.05, 0) is 28.3 Å². The minimum absolute atomic E-state index is 0.145. The predicted molar refractivity (Wildman–Crippen MR) is 119 cm³/mol. The topological polar surface area (TPSA) is 49.8 Å². The summed E-state index contributed by atoms with van der Waals surface area (Å²) in [5, 5.41) is 11.9. The summed E-state index contributed by atoms with van der Waals surface area (Å²) in [6.45, 7) is 6.99. The Morgan fingerprint density at radius 1 is 1.10 bits per heavy atom. The number of hydrogen-bond donors (Lipinski definition) is 1. The van der Waals surface area contributed by atoms with Gasteiger partial charge in [-0.3, -0.25) is 4.90 Å². The van der Waals surface area contributed by atoms with Crippen molar-refractivity contribution < 1.29 is 14.3 Å². The monoisotopic (exact) mass is 407 g/mol. The molecule has 1 unspecified atom stereocenters. The number of rotatable bonds is 5. The fourth-order valence-electron chi connectivity index (χ4n) is 4.48. The van der Waals surface area contributed by atoms with E-state index in [1.807, 2.05) is 36.4 Å². The molecule has 29 heavy (non-hydrogen) atoms. The second-order valence-electron chi connectivity index (χ2n) is 8.58. The van der Waals surface area contributed by atoms with Crippen LogP contribution in [0.15, 0.2) is 60.7 Å². The highest BCUT2D eigenvalue weighted by Crippen LogP contribution is 2.37. The molecule has 0 spiro atoms. The molecule has 1 N–H and O–H groups in total. The number of amides is 1. The SMILES string of the molecule is C#CC1CC[C@@H](CO[Si](c2ccccc2)(c2ccccc2)C(C)(C)C)N1C(=O)O. The molecular weight excluding hydrogens is 378 g/mol. The van der Waals surface area contributed by atoms with E-state index in [1.54, 1.807) is 0 Å². The van der Waals surface area contributed by atoms with E-state index < -0.39 is 14.4 Å². The first-order valence-electron chi connectivity index (χ1n) is 10.0. The van der Waals surface area contributed by atoms with Crippen LogP contribution < -0.4 is 10.4 Å². The number of hydrogen-bond acceptors (Lipinski definition) is 2. The average Bonchev–Trinajstić information content (AvgIpc) is 3.12. The maximum atomic E-state index is 11.8. The van der Waals surface area contributed by atoms with Crippen LogP contribution in [0.4, 0.5) is 4.79 Å². The van der Waals surface area contributed by atoms with Crippen LogP contribution in [-0.2, 0) is 4.43 Å². The summed E-state index contributed by atoms with van der Waals surface area (Å²) in [5.41, 5.74) is 0. The van der Waals surface area contributed by atoms with E-state index >= 15 is 0 Å². The van der Waals surface area contributed by atoms with E-state index in [0.29, 0.717) is 13.0 Å². The zero-order valence-corrected chi connectivity index (χ0v) is 18.3. The molecule has 1 amide bonds. The first kappa shape index (κ1) is 21.2. The summed E-state index contributed by atoms with van der Waals surface area (Å²) in [6.07, 6.45) is 6.00. The number of carbonyl (C=O) groups is 1. The Hall–Kier alpha value is -2.55. The normalized spacial score (nSPS) is 19.7. The van der Waals surface area contributed by atoms with Gasteiger partial charge in [-0.25, -0.2) is 4.79 Å². The van der Waals surface area contributed by atoms with E-state index in [-0.39, 0.29) is 17.1 Å². The smallest absolute Gasteiger partial charge is 0.408 e. The molecule has 0 bridgehead atoms. The highest BCUT2D eigenvalue weighted by Gasteiger charge is 2.51. The van der Waals surface area contributed by atoms with Gasteiger partial charge in [0.25, 0.3) is 8.32 Å². The molecule has 1 saturated heterocycles. The Morgan fingerprint density at radius 3 is 2.03 bits per heavy atom. The van der Waals surface area contributed by atoms with Gasteiger partial charge in [-0.1, -0.05) is 87.4 Å². The molecule has 152 valence electrons. The maximum absolute atomic E-state index is 11.8. The van der Waals surface area contributed by atoms with Gasteiger partial charge < -0.3 is 9.53 Å². The zero-order valence-electron chi connectivity index (χ0n) is 17.3. The summed E-state index contributed by atoms with van der Waals surface area (Å²) in [4.78, 5) is 13.2. The first-order valence-corrected chi connectivity index (χ1v) is 11.9. The molecular formula is C24H29NO3Si. The standard InChI is InChI=1S/C24H29NO3Si/c1-5-19-16-17-20(25(19)23(26)27)18-28-29(24(2,3)4,21-12-8-6-9-13-21)22-14-10-7-11-15-22/h1,6-15,19-20H,16-18H2,2-4H3,(H,26,27)/t19?,20-/m0/s1. The van der Waals surface area contributed by atoms with Gasteiger partial charge in [0.05, 0.1) is 18.7 Å². The van der Waals surface area contributed by atoms with Crippen molar-refractivity contribution >= 4 is 24.8 Å². The minimum Gasteiger partial charge on any atom is -0.465 e. The number of carboxylic acid groups (broad SMARTS) is 1. The van der Waals surface area contributed by atoms with Crippen molar-refractivity contribution in [3.63, 3.8) is 0 Å². The molecule has 4 nitrogen and oxygen atoms in total. The third-order valence-corrected chi connectivity index (χ3v) is 10.8. The van der Waals surface area contributed by atoms with Gasteiger partial charge in [-0.2, -0.15) is 0 Å². The maximum Gasteiger partial charge on any atom is 0.408 e. The van der Waals surface area contributed by atoms with E-state index in [9.17, 15) is 9.90 Å². The Labute approximate surface area is 174 Å². The highest BCUT2D eigenvalue weighted by molar-refractivity contribution is 6.99. The number of likely N-dealkylation sites (tertiary alicyclic amines) is 1. The van der Waals surface area contributed by atoms with Gasteiger partial charge in [0.15, 0.2) is 0 Å². The zero-order chi connectivity index (χ0) is 21.1. The van der Waals surface area contributed by atoms with Crippen LogP contribution in [0.2, 0.25) is 5.04 Å². The lowest BCUT2D eigenvalue weighted by molar-refractivity contribution is 0.112. The quantitative estimate of drug-likeness (QED) is 0.607. The van der Waals surface area contributed by atoms with Crippen molar-refractivity contribution in [3.8, 4) is 12.3 Å². The summed E-state index contributed by atoms with van der Waals surface area (Å²) in [6, 6.07) is 20.1. The van der Waals surface area contributed by atoms with Crippen molar-refractivity contribution in [2.24, 2.45) is 0 Å². The van der Waals surface area contributed by atoms with Crippen LogP contribution in [0.3, 0.4) is 0 Å². The average molecular weight is 408 g/mol. The summed E-state index contributed by atoms with van der Waals surface area (Å²) < 4.78 is 6.89.